The average molecular weight is 635 g/mol. The first-order chi connectivity index (χ1) is 17.5. The lowest BCUT2D eigenvalue weighted by Crippen LogP contribution is -2.42. The second-order valence-corrected chi connectivity index (χ2v) is 10.3. The van der Waals surface area contributed by atoms with Crippen LogP contribution >= 0.6 is 31.9 Å². The zero-order valence-electron chi connectivity index (χ0n) is 19.8. The van der Waals surface area contributed by atoms with E-state index in [0.29, 0.717) is 21.3 Å². The topological polar surface area (TPSA) is 125 Å². The van der Waals surface area contributed by atoms with Crippen molar-refractivity contribution in [2.24, 2.45) is 10.7 Å². The summed E-state index contributed by atoms with van der Waals surface area (Å²) in [5.41, 5.74) is 7.51. The lowest BCUT2D eigenvalue weighted by molar-refractivity contribution is -0.136. The number of likely N-dealkylation sites (N-methyl/N-ethyl adjacent to an activating group) is 1. The van der Waals surface area contributed by atoms with Crippen molar-refractivity contribution in [3.05, 3.63) is 91.1 Å². The smallest absolute Gasteiger partial charge is 0.307 e. The van der Waals surface area contributed by atoms with Crippen molar-refractivity contribution >= 4 is 49.7 Å². The molecule has 4 N–H and O–H groups in total. The number of carbonyl (C=O) groups excluding carboxylic acids is 1. The number of aliphatic hydroxyl groups excluding tert-OH is 1. The summed E-state index contributed by atoms with van der Waals surface area (Å²) < 4.78 is 21.5. The molecule has 3 aromatic carbocycles. The first-order valence-electron chi connectivity index (χ1n) is 11.0. The number of carboxylic acids is 1. The zero-order valence-corrected chi connectivity index (χ0v) is 22.9. The Morgan fingerprint density at radius 2 is 1.89 bits per heavy atom. The van der Waals surface area contributed by atoms with Crippen LogP contribution in [0.15, 0.2) is 62.5 Å². The molecule has 0 radical (unpaired) electrons. The molecule has 192 valence electrons. The number of aliphatic carboxylic acids is 1. The fourth-order valence-electron chi connectivity index (χ4n) is 4.23. The Kier molecular flexibility index (Phi) is 7.40. The van der Waals surface area contributed by atoms with E-state index >= 15 is 0 Å². The number of hydrogen-bond acceptors (Lipinski definition) is 6. The predicted octanol–water partition coefficient (Wildman–Crippen LogP) is 4.60. The maximum absolute atomic E-state index is 14.5. The SMILES string of the molecule is CN1C(=O)C2(N=C1N)c1cc(CO)ccc1Oc1c(F)cc(Br)cc12.Cc1ccc(Br)c(CC(=O)O)c1. The maximum atomic E-state index is 14.5. The molecule has 0 saturated carbocycles. The third-order valence-electron chi connectivity index (χ3n) is 6.01. The predicted molar refractivity (Wildman–Crippen MR) is 142 cm³/mol. The maximum Gasteiger partial charge on any atom is 0.307 e. The number of hydrogen-bond donors (Lipinski definition) is 3. The summed E-state index contributed by atoms with van der Waals surface area (Å²) in [5, 5.41) is 18.0. The Labute approximate surface area is 228 Å². The molecule has 0 bridgehead atoms. The summed E-state index contributed by atoms with van der Waals surface area (Å²) in [4.78, 5) is 29.2. The number of ether oxygens (including phenoxy) is 1. The van der Waals surface area contributed by atoms with Gasteiger partial charge in [-0.1, -0.05) is 55.6 Å². The van der Waals surface area contributed by atoms with Gasteiger partial charge in [0, 0.05) is 27.1 Å². The summed E-state index contributed by atoms with van der Waals surface area (Å²) in [7, 11) is 1.51. The van der Waals surface area contributed by atoms with Gasteiger partial charge in [0.05, 0.1) is 13.0 Å². The first kappa shape index (κ1) is 26.8. The van der Waals surface area contributed by atoms with Gasteiger partial charge in [-0.05, 0) is 48.4 Å². The number of halogens is 3. The van der Waals surface area contributed by atoms with Crippen LogP contribution in [0, 0.1) is 12.7 Å². The van der Waals surface area contributed by atoms with Crippen molar-refractivity contribution in [3.63, 3.8) is 0 Å². The highest BCUT2D eigenvalue weighted by Crippen LogP contribution is 2.53. The molecule has 8 nitrogen and oxygen atoms in total. The van der Waals surface area contributed by atoms with E-state index in [1.54, 1.807) is 24.3 Å². The number of aliphatic hydroxyl groups is 1. The van der Waals surface area contributed by atoms with Crippen LogP contribution in [-0.2, 0) is 28.2 Å². The summed E-state index contributed by atoms with van der Waals surface area (Å²) in [5.74, 6) is -1.57. The third kappa shape index (κ3) is 4.86. The number of amides is 1. The van der Waals surface area contributed by atoms with Crippen molar-refractivity contribution in [1.82, 2.24) is 4.90 Å². The second kappa shape index (κ2) is 10.2. The Bertz CT molecular complexity index is 1460. The van der Waals surface area contributed by atoms with E-state index in [9.17, 15) is 19.1 Å². The molecule has 1 spiro atoms. The van der Waals surface area contributed by atoms with Gasteiger partial charge in [0.25, 0.3) is 5.91 Å². The van der Waals surface area contributed by atoms with Gasteiger partial charge in [-0.15, -0.1) is 0 Å². The summed E-state index contributed by atoms with van der Waals surface area (Å²) in [6, 6.07) is 13.4. The number of aryl methyl sites for hydroxylation is 1. The van der Waals surface area contributed by atoms with Crippen molar-refractivity contribution in [1.29, 1.82) is 0 Å². The van der Waals surface area contributed by atoms with Gasteiger partial charge in [-0.3, -0.25) is 14.5 Å². The van der Waals surface area contributed by atoms with Crippen molar-refractivity contribution < 1.29 is 28.9 Å². The number of nitrogens with two attached hydrogens (primary N) is 1. The Balaban J connectivity index is 0.000000225. The molecule has 5 rings (SSSR count). The minimum Gasteiger partial charge on any atom is -0.481 e. The highest BCUT2D eigenvalue weighted by molar-refractivity contribution is 9.10. The van der Waals surface area contributed by atoms with E-state index in [4.69, 9.17) is 15.6 Å². The molecule has 0 saturated heterocycles. The van der Waals surface area contributed by atoms with Crippen molar-refractivity contribution in [2.75, 3.05) is 7.05 Å². The molecular formula is C26H22Br2FN3O5. The lowest BCUT2D eigenvalue weighted by Gasteiger charge is -2.34. The number of guanidine groups is 1. The van der Waals surface area contributed by atoms with Gasteiger partial charge in [-0.25, -0.2) is 9.38 Å². The molecule has 37 heavy (non-hydrogen) atoms. The van der Waals surface area contributed by atoms with Gasteiger partial charge in [0.1, 0.15) is 5.75 Å². The standard InChI is InChI=1S/C17H13BrFN3O3.C9H9BrO2/c1-22-15(24)17(21-16(22)20)10-4-8(7-23)2-3-13(10)25-14-11(17)5-9(18)6-12(14)19;1-6-2-3-8(10)7(4-6)5-9(11)12/h2-6,23H,7H2,1H3,(H2,20,21);2-4H,5H2,1H3,(H,11,12). The molecular weight excluding hydrogens is 613 g/mol. The summed E-state index contributed by atoms with van der Waals surface area (Å²) >= 11 is 6.55. The van der Waals surface area contributed by atoms with E-state index in [1.165, 1.54) is 18.0 Å². The number of carboxylic acid groups (broad SMARTS) is 1. The Hall–Kier alpha value is -3.28. The number of nitrogens with zero attached hydrogens (tertiary/aromatic N) is 2. The highest BCUT2D eigenvalue weighted by atomic mass is 79.9. The fraction of sp³-hybridized carbons (Fsp3) is 0.192. The number of rotatable bonds is 3. The van der Waals surface area contributed by atoms with Crippen LogP contribution in [0.2, 0.25) is 0 Å². The monoisotopic (exact) mass is 633 g/mol. The van der Waals surface area contributed by atoms with Crippen LogP contribution in [0.1, 0.15) is 27.8 Å². The normalized spacial score (nSPS) is 17.4. The van der Waals surface area contributed by atoms with E-state index in [1.807, 2.05) is 25.1 Å². The summed E-state index contributed by atoms with van der Waals surface area (Å²) in [6.07, 6.45) is 0.0717. The van der Waals surface area contributed by atoms with Gasteiger partial charge >= 0.3 is 5.97 Å². The summed E-state index contributed by atoms with van der Waals surface area (Å²) in [6.45, 7) is 1.73. The molecule has 3 aromatic rings. The van der Waals surface area contributed by atoms with Gasteiger partial charge in [-0.2, -0.15) is 0 Å². The largest absolute Gasteiger partial charge is 0.481 e. The molecule has 1 atom stereocenters. The quantitative estimate of drug-likeness (QED) is 0.387. The van der Waals surface area contributed by atoms with Crippen LogP contribution in [0.3, 0.4) is 0 Å². The fourth-order valence-corrected chi connectivity index (χ4v) is 5.05. The molecule has 0 fully saturated rings. The third-order valence-corrected chi connectivity index (χ3v) is 7.24. The Morgan fingerprint density at radius 1 is 1.16 bits per heavy atom. The highest BCUT2D eigenvalue weighted by Gasteiger charge is 2.55. The lowest BCUT2D eigenvalue weighted by atomic mass is 9.79. The molecule has 2 aliphatic rings. The van der Waals surface area contributed by atoms with E-state index in [0.717, 1.165) is 15.6 Å². The number of fused-ring (bicyclic) bond motifs is 4. The first-order valence-corrected chi connectivity index (χ1v) is 12.6. The van der Waals surface area contributed by atoms with Gasteiger partial charge < -0.3 is 20.7 Å². The van der Waals surface area contributed by atoms with Crippen molar-refractivity contribution in [2.45, 2.75) is 25.5 Å². The van der Waals surface area contributed by atoms with Crippen LogP contribution in [0.25, 0.3) is 0 Å². The van der Waals surface area contributed by atoms with Crippen LogP contribution in [0.5, 0.6) is 11.5 Å². The Morgan fingerprint density at radius 3 is 2.51 bits per heavy atom. The number of carbonyl (C=O) groups is 2. The van der Waals surface area contributed by atoms with E-state index < -0.39 is 23.2 Å². The second-order valence-electron chi connectivity index (χ2n) is 8.56. The minimum absolute atomic E-state index is 0.0265. The molecule has 2 heterocycles. The average Bonchev–Trinajstić information content (AvgIpc) is 3.07. The van der Waals surface area contributed by atoms with Crippen LogP contribution in [0.4, 0.5) is 4.39 Å². The number of benzene rings is 3. The van der Waals surface area contributed by atoms with Crippen molar-refractivity contribution in [3.8, 4) is 11.5 Å². The molecule has 2 aliphatic heterocycles. The number of aliphatic imine (C=N–C) groups is 1. The van der Waals surface area contributed by atoms with Gasteiger partial charge in [0.15, 0.2) is 17.5 Å². The van der Waals surface area contributed by atoms with Crippen LogP contribution < -0.4 is 10.5 Å². The molecule has 1 unspecified atom stereocenters. The minimum atomic E-state index is -1.54. The van der Waals surface area contributed by atoms with Crippen LogP contribution in [-0.4, -0.2) is 40.0 Å². The van der Waals surface area contributed by atoms with Gasteiger partial charge in [0.2, 0.25) is 5.54 Å². The van der Waals surface area contributed by atoms with E-state index in [-0.39, 0.29) is 30.3 Å². The molecule has 0 aromatic heterocycles. The molecule has 1 amide bonds. The molecule has 11 heteroatoms. The van der Waals surface area contributed by atoms with E-state index in [2.05, 4.69) is 36.9 Å². The molecule has 0 aliphatic carbocycles. The zero-order chi connectivity index (χ0) is 27.1.